The molecule has 0 saturated carbocycles. The Labute approximate surface area is 122 Å². The van der Waals surface area contributed by atoms with E-state index in [4.69, 9.17) is 0 Å². The van der Waals surface area contributed by atoms with E-state index in [-0.39, 0.29) is 5.91 Å². The van der Waals surface area contributed by atoms with Crippen molar-refractivity contribution in [3.8, 4) is 0 Å². The zero-order valence-corrected chi connectivity index (χ0v) is 13.3. The molecular formula is C16H29N3O. The minimum atomic E-state index is 0.0898. The summed E-state index contributed by atoms with van der Waals surface area (Å²) in [4.78, 5) is 11.9. The zero-order valence-electron chi connectivity index (χ0n) is 13.3. The maximum atomic E-state index is 11.9. The largest absolute Gasteiger partial charge is 0.355 e. The Balaban J connectivity index is 2.36. The van der Waals surface area contributed by atoms with Crippen LogP contribution in [0.1, 0.15) is 39.8 Å². The molecule has 0 aliphatic rings. The average molecular weight is 279 g/mol. The molecule has 114 valence electrons. The maximum Gasteiger partial charge on any atom is 0.239 e. The molecular weight excluding hydrogens is 250 g/mol. The summed E-state index contributed by atoms with van der Waals surface area (Å²) in [6.07, 6.45) is 2.99. The van der Waals surface area contributed by atoms with E-state index >= 15 is 0 Å². The molecule has 0 bridgehead atoms. The van der Waals surface area contributed by atoms with Crippen LogP contribution in [-0.2, 0) is 17.9 Å². The van der Waals surface area contributed by atoms with Gasteiger partial charge in [-0.3, -0.25) is 4.79 Å². The van der Waals surface area contributed by atoms with Crippen molar-refractivity contribution >= 4 is 5.91 Å². The number of nitrogens with one attached hydrogen (secondary N) is 2. The molecule has 1 heterocycles. The van der Waals surface area contributed by atoms with Gasteiger partial charge in [0, 0.05) is 25.0 Å². The van der Waals surface area contributed by atoms with Crippen LogP contribution in [0.4, 0.5) is 0 Å². The molecule has 4 heteroatoms. The van der Waals surface area contributed by atoms with Gasteiger partial charge in [-0.15, -0.1) is 0 Å². The van der Waals surface area contributed by atoms with E-state index < -0.39 is 0 Å². The van der Waals surface area contributed by atoms with Gasteiger partial charge in [-0.05, 0) is 36.9 Å². The molecule has 4 nitrogen and oxygen atoms in total. The Kier molecular flexibility index (Phi) is 7.37. The third kappa shape index (κ3) is 6.75. The molecule has 0 saturated heterocycles. The molecule has 0 fully saturated rings. The van der Waals surface area contributed by atoms with Crippen LogP contribution in [0.5, 0.6) is 0 Å². The Bertz CT molecular complexity index is 396. The third-order valence-corrected chi connectivity index (χ3v) is 3.14. The first-order valence-corrected chi connectivity index (χ1v) is 7.60. The highest BCUT2D eigenvalue weighted by Gasteiger charge is 2.06. The van der Waals surface area contributed by atoms with Gasteiger partial charge in [0.1, 0.15) is 6.54 Å². The van der Waals surface area contributed by atoms with Gasteiger partial charge >= 0.3 is 0 Å². The van der Waals surface area contributed by atoms with Gasteiger partial charge in [0.2, 0.25) is 5.91 Å². The van der Waals surface area contributed by atoms with Crippen LogP contribution in [0.15, 0.2) is 18.3 Å². The Morgan fingerprint density at radius 3 is 2.65 bits per heavy atom. The summed E-state index contributed by atoms with van der Waals surface area (Å²) < 4.78 is 2.01. The van der Waals surface area contributed by atoms with Gasteiger partial charge in [-0.25, -0.2) is 0 Å². The van der Waals surface area contributed by atoms with Crippen LogP contribution < -0.4 is 10.6 Å². The van der Waals surface area contributed by atoms with E-state index in [2.05, 4.69) is 44.4 Å². The fourth-order valence-corrected chi connectivity index (χ4v) is 1.96. The van der Waals surface area contributed by atoms with Crippen molar-refractivity contribution in [3.63, 3.8) is 0 Å². The number of aromatic nitrogens is 1. The highest BCUT2D eigenvalue weighted by Crippen LogP contribution is 2.03. The number of carbonyl (C=O) groups excluding carboxylic acids is 1. The Hall–Kier alpha value is -1.29. The number of hydrogen-bond acceptors (Lipinski definition) is 2. The highest BCUT2D eigenvalue weighted by molar-refractivity contribution is 5.75. The highest BCUT2D eigenvalue weighted by atomic mass is 16.1. The van der Waals surface area contributed by atoms with Crippen molar-refractivity contribution in [2.75, 3.05) is 13.1 Å². The van der Waals surface area contributed by atoms with Crippen LogP contribution in [0.3, 0.4) is 0 Å². The van der Waals surface area contributed by atoms with E-state index in [0.717, 1.165) is 31.7 Å². The molecule has 0 unspecified atom stereocenters. The molecule has 1 rings (SSSR count). The summed E-state index contributed by atoms with van der Waals surface area (Å²) in [7, 11) is 0. The lowest BCUT2D eigenvalue weighted by Gasteiger charge is -2.12. The minimum absolute atomic E-state index is 0.0898. The van der Waals surface area contributed by atoms with Gasteiger partial charge in [-0.1, -0.05) is 27.7 Å². The zero-order chi connectivity index (χ0) is 15.0. The van der Waals surface area contributed by atoms with Crippen molar-refractivity contribution in [2.45, 2.75) is 47.2 Å². The van der Waals surface area contributed by atoms with Crippen molar-refractivity contribution in [1.82, 2.24) is 15.2 Å². The van der Waals surface area contributed by atoms with Crippen molar-refractivity contribution in [3.05, 3.63) is 24.0 Å². The Morgan fingerprint density at radius 2 is 2.00 bits per heavy atom. The molecule has 0 atom stereocenters. The normalized spacial score (nSPS) is 11.3. The van der Waals surface area contributed by atoms with Crippen LogP contribution in [0, 0.1) is 11.8 Å². The quantitative estimate of drug-likeness (QED) is 0.729. The summed E-state index contributed by atoms with van der Waals surface area (Å²) >= 11 is 0. The number of amides is 1. The number of rotatable bonds is 9. The summed E-state index contributed by atoms with van der Waals surface area (Å²) in [5, 5.41) is 6.38. The van der Waals surface area contributed by atoms with E-state index in [9.17, 15) is 4.79 Å². The second-order valence-electron chi connectivity index (χ2n) is 6.18. The van der Waals surface area contributed by atoms with E-state index in [1.807, 2.05) is 16.8 Å². The number of nitrogens with zero attached hydrogens (tertiary/aromatic N) is 1. The predicted octanol–water partition coefficient (Wildman–Crippen LogP) is 2.40. The summed E-state index contributed by atoms with van der Waals surface area (Å²) in [5.41, 5.74) is 1.16. The average Bonchev–Trinajstić information content (AvgIpc) is 2.75. The van der Waals surface area contributed by atoms with Crippen molar-refractivity contribution < 1.29 is 4.79 Å². The maximum absolute atomic E-state index is 11.9. The molecule has 0 aromatic carbocycles. The van der Waals surface area contributed by atoms with Crippen LogP contribution in [0.25, 0.3) is 0 Å². The summed E-state index contributed by atoms with van der Waals surface area (Å²) in [6.45, 7) is 11.7. The van der Waals surface area contributed by atoms with Gasteiger partial charge in [-0.2, -0.15) is 0 Å². The van der Waals surface area contributed by atoms with Crippen molar-refractivity contribution in [2.24, 2.45) is 11.8 Å². The first-order valence-electron chi connectivity index (χ1n) is 7.60. The summed E-state index contributed by atoms with van der Waals surface area (Å²) in [5.74, 6) is 1.35. The van der Waals surface area contributed by atoms with E-state index in [1.54, 1.807) is 0 Å². The van der Waals surface area contributed by atoms with E-state index in [1.165, 1.54) is 0 Å². The van der Waals surface area contributed by atoms with Crippen molar-refractivity contribution in [1.29, 1.82) is 0 Å². The van der Waals surface area contributed by atoms with Gasteiger partial charge in [0.15, 0.2) is 0 Å². The van der Waals surface area contributed by atoms with Crippen LogP contribution >= 0.6 is 0 Å². The molecule has 1 aromatic heterocycles. The second kappa shape index (κ2) is 8.80. The molecule has 0 aliphatic heterocycles. The van der Waals surface area contributed by atoms with E-state index in [0.29, 0.717) is 18.4 Å². The summed E-state index contributed by atoms with van der Waals surface area (Å²) in [6, 6.07) is 4.06. The molecule has 0 spiro atoms. The first kappa shape index (κ1) is 16.8. The first-order chi connectivity index (χ1) is 9.49. The molecule has 0 aliphatic carbocycles. The molecule has 0 radical (unpaired) electrons. The van der Waals surface area contributed by atoms with Gasteiger partial charge in [0.25, 0.3) is 0 Å². The smallest absolute Gasteiger partial charge is 0.239 e. The Morgan fingerprint density at radius 1 is 1.25 bits per heavy atom. The molecule has 20 heavy (non-hydrogen) atoms. The SMILES string of the molecule is CC(C)CCNC(=O)Cn1cccc1CNCC(C)C. The van der Waals surface area contributed by atoms with Crippen LogP contribution in [0.2, 0.25) is 0 Å². The predicted molar refractivity (Wildman–Crippen MR) is 83.4 cm³/mol. The minimum Gasteiger partial charge on any atom is -0.355 e. The van der Waals surface area contributed by atoms with Gasteiger partial charge < -0.3 is 15.2 Å². The molecule has 2 N–H and O–H groups in total. The van der Waals surface area contributed by atoms with Crippen LogP contribution in [-0.4, -0.2) is 23.6 Å². The molecule has 1 amide bonds. The topological polar surface area (TPSA) is 46.1 Å². The second-order valence-corrected chi connectivity index (χ2v) is 6.18. The van der Waals surface area contributed by atoms with Gasteiger partial charge in [0.05, 0.1) is 0 Å². The number of carbonyl (C=O) groups is 1. The molecule has 1 aromatic rings. The third-order valence-electron chi connectivity index (χ3n) is 3.14. The monoisotopic (exact) mass is 279 g/mol. The lowest BCUT2D eigenvalue weighted by molar-refractivity contribution is -0.121. The lowest BCUT2D eigenvalue weighted by atomic mass is 10.1. The fourth-order valence-electron chi connectivity index (χ4n) is 1.96. The standard InChI is InChI=1S/C16H29N3O/c1-13(2)7-8-18-16(20)12-19-9-5-6-15(19)11-17-10-14(3)4/h5-6,9,13-14,17H,7-8,10-12H2,1-4H3,(H,18,20). The lowest BCUT2D eigenvalue weighted by Crippen LogP contribution is -2.30. The number of hydrogen-bond donors (Lipinski definition) is 2. The fraction of sp³-hybridized carbons (Fsp3) is 0.688.